The van der Waals surface area contributed by atoms with Crippen molar-refractivity contribution in [3.8, 4) is 0 Å². The molecule has 0 amide bonds. The average Bonchev–Trinajstić information content (AvgIpc) is 2.90. The number of anilines is 1. The first-order chi connectivity index (χ1) is 10.9. The van der Waals surface area contributed by atoms with Crippen molar-refractivity contribution in [2.24, 2.45) is 0 Å². The second-order valence-electron chi connectivity index (χ2n) is 6.17. The van der Waals surface area contributed by atoms with Crippen LogP contribution in [0, 0.1) is 0 Å². The molecular formula is C17H26N2O3S. The van der Waals surface area contributed by atoms with E-state index in [0.29, 0.717) is 5.56 Å². The molecule has 1 unspecified atom stereocenters. The fourth-order valence-corrected chi connectivity index (χ4v) is 3.78. The van der Waals surface area contributed by atoms with Crippen LogP contribution in [0.5, 0.6) is 0 Å². The van der Waals surface area contributed by atoms with Gasteiger partial charge in [0.15, 0.2) is 0 Å². The summed E-state index contributed by atoms with van der Waals surface area (Å²) in [6.07, 6.45) is 6.19. The van der Waals surface area contributed by atoms with Crippen LogP contribution in [0.4, 0.5) is 5.69 Å². The molecule has 0 fully saturated rings. The van der Waals surface area contributed by atoms with E-state index in [2.05, 4.69) is 23.8 Å². The smallest absolute Gasteiger partial charge is 0.273 e. The summed E-state index contributed by atoms with van der Waals surface area (Å²) in [7, 11) is -1.96. The second kappa shape index (κ2) is 7.95. The number of hydrogen-bond donors (Lipinski definition) is 2. The molecule has 2 rings (SSSR count). The number of benzene rings is 1. The first kappa shape index (κ1) is 18.0. The van der Waals surface area contributed by atoms with E-state index in [9.17, 15) is 13.0 Å². The minimum atomic E-state index is -4.05. The van der Waals surface area contributed by atoms with Gasteiger partial charge in [0.05, 0.1) is 0 Å². The number of nitrogens with one attached hydrogen (secondary N) is 1. The molecule has 1 heterocycles. The fraction of sp³-hybridized carbons (Fsp3) is 0.529. The summed E-state index contributed by atoms with van der Waals surface area (Å²) in [6.45, 7) is 5.94. The molecule has 0 spiro atoms. The van der Waals surface area contributed by atoms with Crippen molar-refractivity contribution in [2.75, 3.05) is 32.0 Å². The molecule has 0 aliphatic carbocycles. The number of rotatable bonds is 9. The Hall–Kier alpha value is -1.37. The molecule has 128 valence electrons. The van der Waals surface area contributed by atoms with Gasteiger partial charge in [0.25, 0.3) is 10.1 Å². The molecule has 1 atom stereocenters. The van der Waals surface area contributed by atoms with E-state index in [1.165, 1.54) is 0 Å². The Kier molecular flexibility index (Phi) is 6.21. The Bertz CT molecular complexity index is 643. The Morgan fingerprint density at radius 2 is 2.17 bits per heavy atom. The van der Waals surface area contributed by atoms with Crippen molar-refractivity contribution in [1.82, 2.24) is 4.90 Å². The maximum absolute atomic E-state index is 11.4. The van der Waals surface area contributed by atoms with Crippen LogP contribution in [0.25, 0.3) is 0 Å². The number of likely N-dealkylation sites (N-methyl/N-ethyl adjacent to an activating group) is 1. The van der Waals surface area contributed by atoms with E-state index in [1.54, 1.807) is 0 Å². The Balaban J connectivity index is 1.85. The zero-order valence-electron chi connectivity index (χ0n) is 13.7. The zero-order chi connectivity index (χ0) is 16.9. The van der Waals surface area contributed by atoms with Crippen molar-refractivity contribution >= 4 is 15.8 Å². The van der Waals surface area contributed by atoms with E-state index >= 15 is 0 Å². The van der Waals surface area contributed by atoms with E-state index in [-0.39, 0.29) is 6.54 Å². The Labute approximate surface area is 139 Å². The lowest BCUT2D eigenvalue weighted by Gasteiger charge is -2.13. The highest BCUT2D eigenvalue weighted by atomic mass is 32.2. The largest absolute Gasteiger partial charge is 0.383 e. The van der Waals surface area contributed by atoms with Crippen LogP contribution in [0.15, 0.2) is 30.9 Å². The van der Waals surface area contributed by atoms with E-state index in [4.69, 9.17) is 0 Å². The van der Waals surface area contributed by atoms with Gasteiger partial charge in [0, 0.05) is 18.8 Å². The predicted octanol–water partition coefficient (Wildman–Crippen LogP) is 2.87. The minimum Gasteiger partial charge on any atom is -0.383 e. The highest BCUT2D eigenvalue weighted by molar-refractivity contribution is 7.86. The first-order valence-corrected chi connectivity index (χ1v) is 9.54. The predicted molar refractivity (Wildman–Crippen MR) is 94.5 cm³/mol. The third-order valence-electron chi connectivity index (χ3n) is 4.25. The molecule has 1 aliphatic rings. The quantitative estimate of drug-likeness (QED) is 0.412. The van der Waals surface area contributed by atoms with Crippen molar-refractivity contribution in [3.63, 3.8) is 0 Å². The topological polar surface area (TPSA) is 69.6 Å². The molecule has 5 nitrogen and oxygen atoms in total. The van der Waals surface area contributed by atoms with Crippen LogP contribution in [0.2, 0.25) is 0 Å². The molecule has 0 saturated carbocycles. The zero-order valence-corrected chi connectivity index (χ0v) is 14.5. The normalized spacial score (nSPS) is 17.1. The molecule has 2 N–H and O–H groups in total. The van der Waals surface area contributed by atoms with Crippen LogP contribution < -0.4 is 5.32 Å². The summed E-state index contributed by atoms with van der Waals surface area (Å²) in [5.41, 5.74) is 2.62. The SMILES string of the molecule is C=CCN(C)CCCCCc1ccc2c(c1)C(S(=O)(=O)O)CN2. The number of hydrogen-bond acceptors (Lipinski definition) is 4. The molecule has 6 heteroatoms. The molecule has 1 aliphatic heterocycles. The van der Waals surface area contributed by atoms with E-state index in [0.717, 1.165) is 50.0 Å². The van der Waals surface area contributed by atoms with Crippen molar-refractivity contribution < 1.29 is 13.0 Å². The van der Waals surface area contributed by atoms with Crippen molar-refractivity contribution in [2.45, 2.75) is 30.9 Å². The van der Waals surface area contributed by atoms with Gasteiger partial charge in [-0.3, -0.25) is 4.55 Å². The molecular weight excluding hydrogens is 312 g/mol. The average molecular weight is 338 g/mol. The second-order valence-corrected chi connectivity index (χ2v) is 7.77. The summed E-state index contributed by atoms with van der Waals surface area (Å²) in [5, 5.41) is 2.19. The maximum Gasteiger partial charge on any atom is 0.273 e. The summed E-state index contributed by atoms with van der Waals surface area (Å²) in [4.78, 5) is 2.24. The third kappa shape index (κ3) is 5.06. The lowest BCUT2D eigenvalue weighted by molar-refractivity contribution is 0.358. The van der Waals surface area contributed by atoms with Gasteiger partial charge >= 0.3 is 0 Å². The summed E-state index contributed by atoms with van der Waals surface area (Å²) >= 11 is 0. The molecule has 1 aromatic carbocycles. The summed E-state index contributed by atoms with van der Waals surface area (Å²) in [5.74, 6) is 0. The van der Waals surface area contributed by atoms with Crippen molar-refractivity contribution in [1.29, 1.82) is 0 Å². The lowest BCUT2D eigenvalue weighted by atomic mass is 10.0. The van der Waals surface area contributed by atoms with Gasteiger partial charge in [-0.2, -0.15) is 8.42 Å². The maximum atomic E-state index is 11.4. The van der Waals surface area contributed by atoms with Crippen LogP contribution in [0.1, 0.15) is 35.6 Å². The Morgan fingerprint density at radius 1 is 1.39 bits per heavy atom. The van der Waals surface area contributed by atoms with E-state index < -0.39 is 15.4 Å². The number of aryl methyl sites for hydroxylation is 1. The fourth-order valence-electron chi connectivity index (χ4n) is 2.97. The van der Waals surface area contributed by atoms with Crippen LogP contribution in [-0.2, 0) is 16.5 Å². The summed E-state index contributed by atoms with van der Waals surface area (Å²) in [6, 6.07) is 5.85. The first-order valence-electron chi connectivity index (χ1n) is 8.04. The number of nitrogens with zero attached hydrogens (tertiary/aromatic N) is 1. The van der Waals surface area contributed by atoms with Gasteiger partial charge in [-0.25, -0.2) is 0 Å². The summed E-state index contributed by atoms with van der Waals surface area (Å²) < 4.78 is 32.2. The van der Waals surface area contributed by atoms with Gasteiger partial charge in [-0.15, -0.1) is 6.58 Å². The highest BCUT2D eigenvalue weighted by Crippen LogP contribution is 2.35. The molecule has 23 heavy (non-hydrogen) atoms. The van der Waals surface area contributed by atoms with Crippen molar-refractivity contribution in [3.05, 3.63) is 42.0 Å². The van der Waals surface area contributed by atoms with Crippen LogP contribution in [0.3, 0.4) is 0 Å². The van der Waals surface area contributed by atoms with Gasteiger partial charge in [0.1, 0.15) is 5.25 Å². The van der Waals surface area contributed by atoms with Gasteiger partial charge in [0.2, 0.25) is 0 Å². The Morgan fingerprint density at radius 3 is 2.87 bits per heavy atom. The number of fused-ring (bicyclic) bond motifs is 1. The number of unbranched alkanes of at least 4 members (excludes halogenated alkanes) is 2. The van der Waals surface area contributed by atoms with E-state index in [1.807, 2.05) is 24.3 Å². The van der Waals surface area contributed by atoms with Gasteiger partial charge in [-0.05, 0) is 50.0 Å². The molecule has 0 aromatic heterocycles. The molecule has 0 radical (unpaired) electrons. The van der Waals surface area contributed by atoms with Gasteiger partial charge < -0.3 is 10.2 Å². The molecule has 0 bridgehead atoms. The van der Waals surface area contributed by atoms with Crippen LogP contribution in [-0.4, -0.2) is 44.6 Å². The monoisotopic (exact) mass is 338 g/mol. The van der Waals surface area contributed by atoms with Gasteiger partial charge in [-0.1, -0.05) is 24.6 Å². The standard InChI is InChI=1S/C17H26N2O3S/c1-3-10-19(2)11-6-4-5-7-14-8-9-16-15(12-14)17(13-18-16)23(20,21)22/h3,8-9,12,17-18H,1,4-7,10-11,13H2,2H3,(H,20,21,22). The lowest BCUT2D eigenvalue weighted by Crippen LogP contribution is -2.19. The highest BCUT2D eigenvalue weighted by Gasteiger charge is 2.32. The molecule has 1 aromatic rings. The molecule has 0 saturated heterocycles. The minimum absolute atomic E-state index is 0.243. The third-order valence-corrected chi connectivity index (χ3v) is 5.39. The van der Waals surface area contributed by atoms with Crippen LogP contribution >= 0.6 is 0 Å².